The predicted molar refractivity (Wildman–Crippen MR) is 89.6 cm³/mol. The number of hydrogen-bond acceptors (Lipinski definition) is 6. The topological polar surface area (TPSA) is 118 Å². The number of aromatic nitrogens is 2. The van der Waals surface area contributed by atoms with Crippen LogP contribution >= 0.6 is 0 Å². The van der Waals surface area contributed by atoms with Crippen LogP contribution in [-0.2, 0) is 11.0 Å². The highest BCUT2D eigenvalue weighted by atomic mass is 19.4. The molecule has 28 heavy (non-hydrogen) atoms. The van der Waals surface area contributed by atoms with Gasteiger partial charge in [0.1, 0.15) is 5.76 Å². The van der Waals surface area contributed by atoms with Crippen LogP contribution in [0, 0.1) is 13.8 Å². The van der Waals surface area contributed by atoms with E-state index in [0.29, 0.717) is 11.5 Å². The highest BCUT2D eigenvalue weighted by Crippen LogP contribution is 2.36. The van der Waals surface area contributed by atoms with Crippen LogP contribution in [-0.4, -0.2) is 27.8 Å². The summed E-state index contributed by atoms with van der Waals surface area (Å²) in [5, 5.41) is 16.6. The van der Waals surface area contributed by atoms with Gasteiger partial charge in [-0.15, -0.1) is 0 Å². The van der Waals surface area contributed by atoms with Gasteiger partial charge in [0.2, 0.25) is 5.88 Å². The van der Waals surface area contributed by atoms with Crippen LogP contribution in [0.3, 0.4) is 0 Å². The molecule has 3 aromatic rings. The second-order valence-corrected chi connectivity index (χ2v) is 5.43. The first kappa shape index (κ1) is 20.7. The molecule has 0 saturated heterocycles. The third kappa shape index (κ3) is 4.75. The van der Waals surface area contributed by atoms with E-state index in [1.165, 1.54) is 18.2 Å². The smallest absolute Gasteiger partial charge is 0.416 e. The summed E-state index contributed by atoms with van der Waals surface area (Å²) in [7, 11) is 0. The van der Waals surface area contributed by atoms with Crippen LogP contribution in [0.25, 0.3) is 11.1 Å². The van der Waals surface area contributed by atoms with Gasteiger partial charge in [-0.2, -0.15) is 13.2 Å². The minimum absolute atomic E-state index is 0.0153. The third-order valence-corrected chi connectivity index (χ3v) is 3.43. The van der Waals surface area contributed by atoms with Gasteiger partial charge < -0.3 is 14.2 Å². The van der Waals surface area contributed by atoms with Crippen molar-refractivity contribution >= 4 is 18.3 Å². The molecule has 0 atom stereocenters. The molecule has 0 fully saturated rings. The standard InChI is InChI=1S/C16H12F3N3O3.CH2O2/c1-8-6-12(22-24-8)14(23)20-15-13(9(2)21-25-15)10-4-3-5-11(7-10)16(17,18)19;2-1-3/h3-7H,1-2H3,(H,20,23);1H,(H,2,3). The molecule has 2 heterocycles. The molecule has 0 aliphatic rings. The minimum atomic E-state index is -4.48. The van der Waals surface area contributed by atoms with Gasteiger partial charge in [0.15, 0.2) is 5.69 Å². The molecule has 0 aliphatic heterocycles. The lowest BCUT2D eigenvalue weighted by atomic mass is 10.0. The fourth-order valence-corrected chi connectivity index (χ4v) is 2.29. The summed E-state index contributed by atoms with van der Waals surface area (Å²) in [6.45, 7) is 2.94. The largest absolute Gasteiger partial charge is 0.483 e. The number of carboxylic acid groups (broad SMARTS) is 1. The average molecular weight is 397 g/mol. The number of nitrogens with zero attached hydrogens (tertiary/aromatic N) is 2. The fourth-order valence-electron chi connectivity index (χ4n) is 2.29. The van der Waals surface area contributed by atoms with Gasteiger partial charge in [-0.1, -0.05) is 22.4 Å². The molecule has 0 radical (unpaired) electrons. The minimum Gasteiger partial charge on any atom is -0.483 e. The normalized spacial score (nSPS) is 10.8. The number of rotatable bonds is 3. The van der Waals surface area contributed by atoms with E-state index in [4.69, 9.17) is 18.9 Å². The molecule has 1 amide bonds. The summed E-state index contributed by atoms with van der Waals surface area (Å²) in [6, 6.07) is 6.10. The molecule has 0 unspecified atom stereocenters. The van der Waals surface area contributed by atoms with E-state index in [1.54, 1.807) is 13.8 Å². The molecule has 11 heteroatoms. The molecular weight excluding hydrogens is 383 g/mol. The van der Waals surface area contributed by atoms with Crippen LogP contribution < -0.4 is 5.32 Å². The Labute approximate surface area is 155 Å². The molecule has 0 spiro atoms. The Bertz CT molecular complexity index is 979. The maximum atomic E-state index is 12.9. The molecule has 2 N–H and O–H groups in total. The van der Waals surface area contributed by atoms with E-state index in [2.05, 4.69) is 15.6 Å². The molecule has 0 bridgehead atoms. The lowest BCUT2D eigenvalue weighted by Gasteiger charge is -2.09. The summed E-state index contributed by atoms with van der Waals surface area (Å²) >= 11 is 0. The zero-order valence-electron chi connectivity index (χ0n) is 14.6. The van der Waals surface area contributed by atoms with E-state index in [-0.39, 0.29) is 29.2 Å². The van der Waals surface area contributed by atoms with Gasteiger partial charge in [0.25, 0.3) is 12.4 Å². The number of alkyl halides is 3. The lowest BCUT2D eigenvalue weighted by molar-refractivity contribution is -0.137. The Balaban J connectivity index is 0.000000878. The van der Waals surface area contributed by atoms with E-state index < -0.39 is 17.6 Å². The second-order valence-electron chi connectivity index (χ2n) is 5.43. The van der Waals surface area contributed by atoms with Gasteiger partial charge in [-0.05, 0) is 31.5 Å². The van der Waals surface area contributed by atoms with Crippen molar-refractivity contribution in [3.63, 3.8) is 0 Å². The summed E-state index contributed by atoms with van der Waals surface area (Å²) in [6.07, 6.45) is -4.48. The highest BCUT2D eigenvalue weighted by Gasteiger charge is 2.31. The van der Waals surface area contributed by atoms with E-state index in [1.807, 2.05) is 0 Å². The van der Waals surface area contributed by atoms with Gasteiger partial charge in [0, 0.05) is 6.07 Å². The number of hydrogen-bond donors (Lipinski definition) is 2. The van der Waals surface area contributed by atoms with Crippen LogP contribution in [0.1, 0.15) is 27.5 Å². The molecule has 148 valence electrons. The van der Waals surface area contributed by atoms with Crippen molar-refractivity contribution in [1.82, 2.24) is 10.3 Å². The summed E-state index contributed by atoms with van der Waals surface area (Å²) in [5.41, 5.74) is 0.0300. The second kappa shape index (κ2) is 8.37. The zero-order valence-corrected chi connectivity index (χ0v) is 14.6. The van der Waals surface area contributed by atoms with Crippen molar-refractivity contribution in [2.75, 3.05) is 5.32 Å². The van der Waals surface area contributed by atoms with Crippen LogP contribution in [0.2, 0.25) is 0 Å². The fraction of sp³-hybridized carbons (Fsp3) is 0.176. The van der Waals surface area contributed by atoms with E-state index in [9.17, 15) is 18.0 Å². The van der Waals surface area contributed by atoms with Crippen molar-refractivity contribution in [2.45, 2.75) is 20.0 Å². The maximum absolute atomic E-state index is 12.9. The van der Waals surface area contributed by atoms with Gasteiger partial charge in [0.05, 0.1) is 16.8 Å². The number of carbonyl (C=O) groups excluding carboxylic acids is 1. The number of carbonyl (C=O) groups is 2. The number of benzene rings is 1. The maximum Gasteiger partial charge on any atom is 0.416 e. The first-order chi connectivity index (χ1) is 13.2. The van der Waals surface area contributed by atoms with E-state index in [0.717, 1.165) is 12.1 Å². The van der Waals surface area contributed by atoms with Gasteiger partial charge >= 0.3 is 6.18 Å². The Morgan fingerprint density at radius 1 is 1.18 bits per heavy atom. The van der Waals surface area contributed by atoms with Crippen LogP contribution in [0.4, 0.5) is 19.1 Å². The Morgan fingerprint density at radius 2 is 1.86 bits per heavy atom. The molecular formula is C17H14F3N3O5. The highest BCUT2D eigenvalue weighted by molar-refractivity contribution is 6.04. The molecule has 2 aromatic heterocycles. The van der Waals surface area contributed by atoms with Gasteiger partial charge in [-0.25, -0.2) is 0 Å². The Kier molecular flexibility index (Phi) is 6.18. The third-order valence-electron chi connectivity index (χ3n) is 3.43. The quantitative estimate of drug-likeness (QED) is 0.643. The van der Waals surface area contributed by atoms with Crippen LogP contribution in [0.5, 0.6) is 0 Å². The Morgan fingerprint density at radius 3 is 2.43 bits per heavy atom. The number of aryl methyl sites for hydroxylation is 2. The number of anilines is 1. The number of halogens is 3. The van der Waals surface area contributed by atoms with Crippen molar-refractivity contribution < 1.29 is 36.9 Å². The first-order valence-corrected chi connectivity index (χ1v) is 7.63. The van der Waals surface area contributed by atoms with Gasteiger partial charge in [-0.3, -0.25) is 14.9 Å². The zero-order chi connectivity index (χ0) is 20.9. The van der Waals surface area contributed by atoms with Crippen molar-refractivity contribution in [1.29, 1.82) is 0 Å². The van der Waals surface area contributed by atoms with Crippen molar-refractivity contribution in [2.24, 2.45) is 0 Å². The monoisotopic (exact) mass is 397 g/mol. The summed E-state index contributed by atoms with van der Waals surface area (Å²) in [5.74, 6) is -0.249. The van der Waals surface area contributed by atoms with Crippen LogP contribution in [0.15, 0.2) is 39.4 Å². The number of amides is 1. The first-order valence-electron chi connectivity index (χ1n) is 7.63. The molecule has 0 aliphatic carbocycles. The molecule has 0 saturated carbocycles. The summed E-state index contributed by atoms with van der Waals surface area (Å²) < 4.78 is 48.6. The lowest BCUT2D eigenvalue weighted by Crippen LogP contribution is -2.12. The van der Waals surface area contributed by atoms with Crippen molar-refractivity contribution in [3.8, 4) is 11.1 Å². The summed E-state index contributed by atoms with van der Waals surface area (Å²) in [4.78, 5) is 20.5. The Hall–Kier alpha value is -3.63. The van der Waals surface area contributed by atoms with E-state index >= 15 is 0 Å². The number of nitrogens with one attached hydrogen (secondary N) is 1. The molecule has 3 rings (SSSR count). The molecule has 8 nitrogen and oxygen atoms in total. The predicted octanol–water partition coefficient (Wildman–Crippen LogP) is 3.92. The SMILES string of the molecule is Cc1cc(C(=O)Nc2onc(C)c2-c2cccc(C(F)(F)F)c2)no1.O=CO. The molecule has 1 aromatic carbocycles. The average Bonchev–Trinajstić information content (AvgIpc) is 3.21. The van der Waals surface area contributed by atoms with Crippen molar-refractivity contribution in [3.05, 3.63) is 53.0 Å².